The molecular weight excluding hydrogens is 369 g/mol. The van der Waals surface area contributed by atoms with E-state index in [-0.39, 0.29) is 23.8 Å². The molecule has 3 heteroatoms. The van der Waals surface area contributed by atoms with Crippen LogP contribution in [0.1, 0.15) is 107 Å². The van der Waals surface area contributed by atoms with Crippen molar-refractivity contribution in [2.24, 2.45) is 0 Å². The number of hydrogen-bond acceptors (Lipinski definition) is 0. The van der Waals surface area contributed by atoms with Crippen molar-refractivity contribution in [1.82, 2.24) is 0 Å². The lowest BCUT2D eigenvalue weighted by molar-refractivity contribution is 0.825. The Morgan fingerprint density at radius 1 is 0.500 bits per heavy atom. The number of hydrogen-bond donors (Lipinski definition) is 0. The van der Waals surface area contributed by atoms with Gasteiger partial charge in [0.1, 0.15) is 0 Å². The van der Waals surface area contributed by atoms with Gasteiger partial charge in [-0.1, -0.05) is 105 Å². The summed E-state index contributed by atoms with van der Waals surface area (Å²) in [6.45, 7) is 20.6. The Morgan fingerprint density at radius 2 is 0.769 bits per heavy atom. The summed E-state index contributed by atoms with van der Waals surface area (Å²) in [6.07, 6.45) is 12.5. The van der Waals surface area contributed by atoms with Gasteiger partial charge in [-0.2, -0.15) is 0 Å². The molecule has 0 N–H and O–H groups in total. The van der Waals surface area contributed by atoms with Crippen LogP contribution in [0.5, 0.6) is 0 Å². The zero-order valence-corrected chi connectivity index (χ0v) is 21.7. The average molecular weight is 417 g/mol. The standard InChI is InChI=1S/C23H47P3/c1-17(2)24(18(3)4)23(25(19(5)6)20(7)8)26(21-13-9-10-14-21)22-15-11-12-16-22/h17-23H,9-16H2,1-8H3. The van der Waals surface area contributed by atoms with E-state index in [1.54, 1.807) is 25.7 Å². The molecule has 26 heavy (non-hydrogen) atoms. The molecule has 0 atom stereocenters. The van der Waals surface area contributed by atoms with Crippen molar-refractivity contribution in [3.05, 3.63) is 0 Å². The van der Waals surface area contributed by atoms with Crippen molar-refractivity contribution in [2.45, 2.75) is 146 Å². The van der Waals surface area contributed by atoms with Gasteiger partial charge in [0, 0.05) is 5.14 Å². The van der Waals surface area contributed by atoms with Crippen molar-refractivity contribution >= 4 is 23.8 Å². The highest BCUT2D eigenvalue weighted by Gasteiger charge is 2.46. The normalized spacial score (nSPS) is 20.8. The van der Waals surface area contributed by atoms with Gasteiger partial charge >= 0.3 is 0 Å². The van der Waals surface area contributed by atoms with E-state index in [1.807, 2.05) is 0 Å². The summed E-state index contributed by atoms with van der Waals surface area (Å²) in [6, 6.07) is 0. The highest BCUT2D eigenvalue weighted by molar-refractivity contribution is 7.92. The Hall–Kier alpha value is 1.29. The van der Waals surface area contributed by atoms with E-state index in [0.29, 0.717) is 0 Å². The van der Waals surface area contributed by atoms with Gasteiger partial charge in [-0.05, 0) is 59.6 Å². The van der Waals surface area contributed by atoms with E-state index in [2.05, 4.69) is 55.4 Å². The molecule has 2 aliphatic carbocycles. The summed E-state index contributed by atoms with van der Waals surface area (Å²) in [4.78, 5) is 0. The minimum atomic E-state index is 0.140. The molecule has 0 unspecified atom stereocenters. The minimum Gasteiger partial charge on any atom is -0.0893 e. The van der Waals surface area contributed by atoms with E-state index in [1.165, 1.54) is 25.7 Å². The fourth-order valence-electron chi connectivity index (χ4n) is 5.80. The second-order valence-corrected chi connectivity index (χ2v) is 21.0. The molecule has 154 valence electrons. The smallest absolute Gasteiger partial charge is 0.0208 e. The Labute approximate surface area is 169 Å². The van der Waals surface area contributed by atoms with Crippen LogP contribution in [-0.2, 0) is 0 Å². The molecular formula is C23H47P3. The van der Waals surface area contributed by atoms with Crippen molar-refractivity contribution in [3.63, 3.8) is 0 Å². The van der Waals surface area contributed by atoms with Crippen LogP contribution < -0.4 is 0 Å². The van der Waals surface area contributed by atoms with Crippen molar-refractivity contribution < 1.29 is 0 Å². The van der Waals surface area contributed by atoms with E-state index in [0.717, 1.165) is 39.1 Å². The quantitative estimate of drug-likeness (QED) is 0.329. The van der Waals surface area contributed by atoms with Gasteiger partial charge in [0.05, 0.1) is 0 Å². The molecule has 0 aromatic carbocycles. The summed E-state index contributed by atoms with van der Waals surface area (Å²) in [5, 5.41) is 1.13. The van der Waals surface area contributed by atoms with Crippen LogP contribution >= 0.6 is 23.8 Å². The van der Waals surface area contributed by atoms with Gasteiger partial charge in [0.15, 0.2) is 0 Å². The Kier molecular flexibility index (Phi) is 9.87. The van der Waals surface area contributed by atoms with Crippen molar-refractivity contribution in [1.29, 1.82) is 0 Å². The van der Waals surface area contributed by atoms with E-state index in [4.69, 9.17) is 0 Å². The lowest BCUT2D eigenvalue weighted by Crippen LogP contribution is -2.27. The molecule has 2 rings (SSSR count). The highest BCUT2D eigenvalue weighted by atomic mass is 31.2. The molecule has 0 amide bonds. The molecule has 0 radical (unpaired) electrons. The van der Waals surface area contributed by atoms with E-state index >= 15 is 0 Å². The van der Waals surface area contributed by atoms with Crippen molar-refractivity contribution in [3.8, 4) is 0 Å². The third kappa shape index (κ3) is 5.67. The molecule has 0 bridgehead atoms. The minimum absolute atomic E-state index is 0.140. The first-order chi connectivity index (χ1) is 12.3. The monoisotopic (exact) mass is 416 g/mol. The third-order valence-electron chi connectivity index (χ3n) is 6.68. The first-order valence-corrected chi connectivity index (χ1v) is 16.2. The van der Waals surface area contributed by atoms with Crippen LogP contribution in [0.15, 0.2) is 0 Å². The maximum Gasteiger partial charge on any atom is 0.0208 e. The van der Waals surface area contributed by atoms with Crippen LogP contribution in [0.3, 0.4) is 0 Å². The summed E-state index contributed by atoms with van der Waals surface area (Å²) < 4.78 is 0. The van der Waals surface area contributed by atoms with E-state index in [9.17, 15) is 0 Å². The van der Waals surface area contributed by atoms with Gasteiger partial charge in [-0.3, -0.25) is 0 Å². The van der Waals surface area contributed by atoms with Gasteiger partial charge in [0.25, 0.3) is 0 Å². The first kappa shape index (κ1) is 23.6. The zero-order valence-electron chi connectivity index (χ0n) is 19.0. The van der Waals surface area contributed by atoms with Crippen LogP contribution in [0.4, 0.5) is 0 Å². The molecule has 0 aromatic heterocycles. The fraction of sp³-hybridized carbons (Fsp3) is 1.00. The second-order valence-electron chi connectivity index (χ2n) is 9.94. The predicted molar refractivity (Wildman–Crippen MR) is 130 cm³/mol. The molecule has 0 aliphatic heterocycles. The number of rotatable bonds is 9. The van der Waals surface area contributed by atoms with Gasteiger partial charge < -0.3 is 0 Å². The fourth-order valence-corrected chi connectivity index (χ4v) is 26.0. The van der Waals surface area contributed by atoms with Crippen LogP contribution in [-0.4, -0.2) is 39.1 Å². The molecule has 2 fully saturated rings. The van der Waals surface area contributed by atoms with Crippen molar-refractivity contribution in [2.75, 3.05) is 0 Å². The van der Waals surface area contributed by atoms with Gasteiger partial charge in [-0.25, -0.2) is 0 Å². The van der Waals surface area contributed by atoms with Crippen LogP contribution in [0, 0.1) is 0 Å². The summed E-state index contributed by atoms with van der Waals surface area (Å²) in [5.74, 6) is 0. The van der Waals surface area contributed by atoms with Crippen LogP contribution in [0.25, 0.3) is 0 Å². The third-order valence-corrected chi connectivity index (χ3v) is 20.6. The lowest BCUT2D eigenvalue weighted by atomic mass is 10.4. The molecule has 2 saturated carbocycles. The topological polar surface area (TPSA) is 0 Å². The Bertz CT molecular complexity index is 340. The second kappa shape index (κ2) is 10.9. The summed E-state index contributed by atoms with van der Waals surface area (Å²) >= 11 is 0. The molecule has 0 saturated heterocycles. The zero-order chi connectivity index (χ0) is 19.4. The molecule has 0 heterocycles. The van der Waals surface area contributed by atoms with Gasteiger partial charge in [-0.15, -0.1) is 0 Å². The molecule has 2 aliphatic rings. The maximum atomic E-state index is 2.57. The average Bonchev–Trinajstić information content (AvgIpc) is 3.19. The Balaban J connectivity index is 2.48. The van der Waals surface area contributed by atoms with Crippen LogP contribution in [0.2, 0.25) is 0 Å². The van der Waals surface area contributed by atoms with E-state index < -0.39 is 0 Å². The van der Waals surface area contributed by atoms with Gasteiger partial charge in [0.2, 0.25) is 0 Å². The Morgan fingerprint density at radius 3 is 1.00 bits per heavy atom. The molecule has 0 aromatic rings. The predicted octanol–water partition coefficient (Wildman–Crippen LogP) is 9.23. The SMILES string of the molecule is CC(C)P(C(C)C)C(P(C(C)C)C(C)C)P(C1CCCC1)C1CCCC1. The highest BCUT2D eigenvalue weighted by Crippen LogP contribution is 2.80. The lowest BCUT2D eigenvalue weighted by Gasteiger charge is -2.50. The first-order valence-electron chi connectivity index (χ1n) is 11.6. The molecule has 0 nitrogen and oxygen atoms in total. The summed E-state index contributed by atoms with van der Waals surface area (Å²) in [5.41, 5.74) is 5.89. The largest absolute Gasteiger partial charge is 0.0893 e. The summed E-state index contributed by atoms with van der Waals surface area (Å²) in [7, 11) is 0.502. The maximum absolute atomic E-state index is 2.57. The molecule has 0 spiro atoms.